The summed E-state index contributed by atoms with van der Waals surface area (Å²) in [5, 5.41) is 20.9. The van der Waals surface area contributed by atoms with Gasteiger partial charge in [-0.1, -0.05) is 28.8 Å². The Morgan fingerprint density at radius 3 is 2.40 bits per heavy atom. The van der Waals surface area contributed by atoms with Crippen LogP contribution >= 0.6 is 23.2 Å². The van der Waals surface area contributed by atoms with Crippen molar-refractivity contribution >= 4 is 40.7 Å². The van der Waals surface area contributed by atoms with Crippen LogP contribution in [0.4, 0.5) is 0 Å². The van der Waals surface area contributed by atoms with Gasteiger partial charge in [-0.15, -0.1) is 0 Å². The van der Waals surface area contributed by atoms with E-state index in [9.17, 15) is 19.8 Å². The SMILES string of the molecule is CC1=CC(C)=NC(=O)C1CN1CCc2c(Cl)cc(C([C@H](C)O)[C@@H](C)O)c(Cl)c2C1=O. The molecule has 0 fully saturated rings. The number of nitrogens with zero attached hydrogens (tertiary/aromatic N) is 2. The van der Waals surface area contributed by atoms with E-state index in [1.165, 1.54) is 0 Å². The Hall–Kier alpha value is -1.73. The summed E-state index contributed by atoms with van der Waals surface area (Å²) in [4.78, 5) is 31.4. The molecule has 162 valence electrons. The molecule has 0 saturated carbocycles. The molecule has 8 heteroatoms. The first kappa shape index (κ1) is 22.9. The summed E-state index contributed by atoms with van der Waals surface area (Å²) in [6.07, 6.45) is 0.576. The highest BCUT2D eigenvalue weighted by atomic mass is 35.5. The third-order valence-electron chi connectivity index (χ3n) is 5.85. The lowest BCUT2D eigenvalue weighted by Gasteiger charge is -2.34. The summed E-state index contributed by atoms with van der Waals surface area (Å²) < 4.78 is 0. The number of allylic oxidation sites excluding steroid dienone is 1. The first-order valence-corrected chi connectivity index (χ1v) is 10.7. The summed E-state index contributed by atoms with van der Waals surface area (Å²) in [5.74, 6) is -1.75. The van der Waals surface area contributed by atoms with Gasteiger partial charge in [-0.3, -0.25) is 9.59 Å². The molecule has 2 N–H and O–H groups in total. The number of carbonyl (C=O) groups is 2. The number of carbonyl (C=O) groups excluding carboxylic acids is 2. The Morgan fingerprint density at radius 1 is 1.20 bits per heavy atom. The Bertz CT molecular complexity index is 945. The number of aliphatic hydroxyl groups excluding tert-OH is 2. The zero-order valence-electron chi connectivity index (χ0n) is 17.4. The van der Waals surface area contributed by atoms with Crippen molar-refractivity contribution in [3.8, 4) is 0 Å². The second-order valence-electron chi connectivity index (χ2n) is 8.16. The van der Waals surface area contributed by atoms with Crippen molar-refractivity contribution in [2.24, 2.45) is 10.9 Å². The number of halogens is 2. The Labute approximate surface area is 186 Å². The van der Waals surface area contributed by atoms with E-state index in [1.54, 1.807) is 31.7 Å². The highest BCUT2D eigenvalue weighted by Crippen LogP contribution is 2.40. The predicted octanol–water partition coefficient (Wildman–Crippen LogP) is 3.40. The second kappa shape index (κ2) is 8.79. The number of aliphatic hydroxyl groups is 2. The zero-order chi connectivity index (χ0) is 22.3. The van der Waals surface area contributed by atoms with Gasteiger partial charge >= 0.3 is 0 Å². The lowest BCUT2D eigenvalue weighted by Crippen LogP contribution is -2.43. The molecule has 2 aliphatic heterocycles. The summed E-state index contributed by atoms with van der Waals surface area (Å²) in [7, 11) is 0. The minimum atomic E-state index is -0.889. The molecule has 2 unspecified atom stereocenters. The number of rotatable bonds is 5. The molecule has 2 aliphatic rings. The number of hydrogen-bond acceptors (Lipinski definition) is 4. The third-order valence-corrected chi connectivity index (χ3v) is 6.59. The lowest BCUT2D eigenvalue weighted by atomic mass is 9.85. The average molecular weight is 453 g/mol. The zero-order valence-corrected chi connectivity index (χ0v) is 19.0. The smallest absolute Gasteiger partial charge is 0.255 e. The van der Waals surface area contributed by atoms with E-state index in [4.69, 9.17) is 23.2 Å². The van der Waals surface area contributed by atoms with E-state index >= 15 is 0 Å². The molecule has 2 heterocycles. The molecule has 2 amide bonds. The van der Waals surface area contributed by atoms with Crippen LogP contribution in [0.1, 0.15) is 55.1 Å². The van der Waals surface area contributed by atoms with Gasteiger partial charge in [0.15, 0.2) is 0 Å². The molecule has 6 nitrogen and oxygen atoms in total. The third kappa shape index (κ3) is 4.19. The number of amides is 2. The Balaban J connectivity index is 1.98. The molecule has 0 radical (unpaired) electrons. The Morgan fingerprint density at radius 2 is 1.83 bits per heavy atom. The molecule has 0 spiro atoms. The van der Waals surface area contributed by atoms with Crippen molar-refractivity contribution < 1.29 is 19.8 Å². The topological polar surface area (TPSA) is 90.2 Å². The monoisotopic (exact) mass is 452 g/mol. The predicted molar refractivity (Wildman–Crippen MR) is 118 cm³/mol. The van der Waals surface area contributed by atoms with Gasteiger partial charge in [0, 0.05) is 29.7 Å². The molecule has 4 atom stereocenters. The van der Waals surface area contributed by atoms with E-state index in [1.807, 2.05) is 13.0 Å². The van der Waals surface area contributed by atoms with Gasteiger partial charge < -0.3 is 15.1 Å². The lowest BCUT2D eigenvalue weighted by molar-refractivity contribution is -0.120. The van der Waals surface area contributed by atoms with Crippen LogP contribution in [0.5, 0.6) is 0 Å². The van der Waals surface area contributed by atoms with E-state index in [2.05, 4.69) is 4.99 Å². The molecule has 30 heavy (non-hydrogen) atoms. The molecular weight excluding hydrogens is 427 g/mol. The largest absolute Gasteiger partial charge is 0.393 e. The van der Waals surface area contributed by atoms with Crippen LogP contribution in [0.2, 0.25) is 10.0 Å². The molecule has 3 rings (SSSR count). The fourth-order valence-corrected chi connectivity index (χ4v) is 5.03. The quantitative estimate of drug-likeness (QED) is 0.715. The van der Waals surface area contributed by atoms with E-state index in [0.29, 0.717) is 34.8 Å². The van der Waals surface area contributed by atoms with Gasteiger partial charge in [-0.25, -0.2) is 4.99 Å². The van der Waals surface area contributed by atoms with Crippen molar-refractivity contribution in [2.45, 2.75) is 52.2 Å². The standard InChI is InChI=1S/C22H26Cl2N2O4/c1-10-7-11(2)25-21(29)16(10)9-26-6-5-14-17(23)8-15(18(12(3)27)13(4)28)20(24)19(14)22(26)30/h7-8,12-13,16,18,27-28H,5-6,9H2,1-4H3/t12-,13+,16?,18?. The molecule has 1 aromatic carbocycles. The summed E-state index contributed by atoms with van der Waals surface area (Å²) >= 11 is 13.1. The van der Waals surface area contributed by atoms with Gasteiger partial charge in [0.25, 0.3) is 11.8 Å². The highest BCUT2D eigenvalue weighted by molar-refractivity contribution is 6.37. The van der Waals surface area contributed by atoms with E-state index in [0.717, 1.165) is 5.57 Å². The molecule has 0 saturated heterocycles. The summed E-state index contributed by atoms with van der Waals surface area (Å²) in [6.45, 7) is 7.37. The van der Waals surface area contributed by atoms with Crippen molar-refractivity contribution in [3.63, 3.8) is 0 Å². The summed E-state index contributed by atoms with van der Waals surface area (Å²) in [6, 6.07) is 1.63. The molecule has 0 aliphatic carbocycles. The fraction of sp³-hybridized carbons (Fsp3) is 0.500. The van der Waals surface area contributed by atoms with Crippen LogP contribution in [0.15, 0.2) is 22.7 Å². The maximum absolute atomic E-state index is 13.3. The van der Waals surface area contributed by atoms with E-state index in [-0.39, 0.29) is 28.9 Å². The van der Waals surface area contributed by atoms with Gasteiger partial charge in [0.05, 0.1) is 28.7 Å². The molecule has 1 aromatic rings. The van der Waals surface area contributed by atoms with Crippen LogP contribution in [-0.2, 0) is 11.2 Å². The average Bonchev–Trinajstić information content (AvgIpc) is 2.62. The summed E-state index contributed by atoms with van der Waals surface area (Å²) in [5.41, 5.74) is 2.89. The number of aliphatic imine (C=N–C) groups is 1. The van der Waals surface area contributed by atoms with Gasteiger partial charge in [0.1, 0.15) is 0 Å². The second-order valence-corrected chi connectivity index (χ2v) is 8.94. The van der Waals surface area contributed by atoms with Gasteiger partial charge in [-0.05, 0) is 57.4 Å². The minimum Gasteiger partial charge on any atom is -0.393 e. The first-order chi connectivity index (χ1) is 14.0. The molecular formula is C22H26Cl2N2O4. The van der Waals surface area contributed by atoms with Crippen molar-refractivity contribution in [1.82, 2.24) is 4.90 Å². The van der Waals surface area contributed by atoms with Crippen LogP contribution in [0.25, 0.3) is 0 Å². The fourth-order valence-electron chi connectivity index (χ4n) is 4.35. The van der Waals surface area contributed by atoms with Gasteiger partial charge in [0.2, 0.25) is 0 Å². The highest BCUT2D eigenvalue weighted by Gasteiger charge is 2.36. The van der Waals surface area contributed by atoms with Crippen molar-refractivity contribution in [3.05, 3.63) is 44.5 Å². The number of dihydropyridines is 1. The van der Waals surface area contributed by atoms with Gasteiger partial charge in [-0.2, -0.15) is 0 Å². The Kier molecular flexibility index (Phi) is 6.72. The maximum Gasteiger partial charge on any atom is 0.255 e. The first-order valence-electron chi connectivity index (χ1n) is 9.96. The minimum absolute atomic E-state index is 0.187. The van der Waals surface area contributed by atoms with Crippen LogP contribution in [0.3, 0.4) is 0 Å². The van der Waals surface area contributed by atoms with Crippen LogP contribution in [0, 0.1) is 5.92 Å². The molecule has 0 bridgehead atoms. The maximum atomic E-state index is 13.3. The molecule has 0 aromatic heterocycles. The normalized spacial score (nSPS) is 22.3. The van der Waals surface area contributed by atoms with Crippen molar-refractivity contribution in [1.29, 1.82) is 0 Å². The van der Waals surface area contributed by atoms with Crippen LogP contribution < -0.4 is 0 Å². The number of hydrogen-bond donors (Lipinski definition) is 2. The van der Waals surface area contributed by atoms with E-state index < -0.39 is 24.0 Å². The number of fused-ring (bicyclic) bond motifs is 1. The van der Waals surface area contributed by atoms with Crippen molar-refractivity contribution in [2.75, 3.05) is 13.1 Å². The number of benzene rings is 1. The van der Waals surface area contributed by atoms with Crippen LogP contribution in [-0.4, -0.2) is 57.9 Å².